The Labute approximate surface area is 115 Å². The first-order valence-electron chi connectivity index (χ1n) is 6.51. The highest BCUT2D eigenvalue weighted by molar-refractivity contribution is 5.91. The molecule has 1 amide bonds. The molecule has 1 N–H and O–H groups in total. The molecule has 20 heavy (non-hydrogen) atoms. The number of carbonyl (C=O) groups excluding carboxylic acids is 1. The number of Topliss-reactive ketones (excluding diaryl/α,β-unsaturated/α-hetero) is 1. The van der Waals surface area contributed by atoms with E-state index < -0.39 is 11.8 Å². The lowest BCUT2D eigenvalue weighted by Crippen LogP contribution is -2.58. The van der Waals surface area contributed by atoms with E-state index in [1.165, 1.54) is 4.90 Å². The number of imidazole rings is 1. The van der Waals surface area contributed by atoms with Crippen LogP contribution in [0.25, 0.3) is 11.0 Å². The highest BCUT2D eigenvalue weighted by atomic mass is 16.4. The lowest BCUT2D eigenvalue weighted by atomic mass is 9.95. The van der Waals surface area contributed by atoms with E-state index in [1.807, 2.05) is 24.3 Å². The molecule has 1 aliphatic heterocycles. The molecule has 0 radical (unpaired) electrons. The SMILES string of the molecule is CC1(n2cnc3ccccc32)C(=O)CCCN1C(=O)O. The first-order valence-corrected chi connectivity index (χ1v) is 6.51. The van der Waals surface area contributed by atoms with E-state index in [0.29, 0.717) is 19.4 Å². The van der Waals surface area contributed by atoms with Gasteiger partial charge in [-0.15, -0.1) is 0 Å². The number of carbonyl (C=O) groups is 2. The summed E-state index contributed by atoms with van der Waals surface area (Å²) >= 11 is 0. The quantitative estimate of drug-likeness (QED) is 0.862. The highest BCUT2D eigenvalue weighted by Crippen LogP contribution is 2.32. The van der Waals surface area contributed by atoms with Gasteiger partial charge in [-0.2, -0.15) is 0 Å². The second kappa shape index (κ2) is 4.33. The molecule has 2 aromatic rings. The summed E-state index contributed by atoms with van der Waals surface area (Å²) in [6.07, 6.45) is 1.41. The monoisotopic (exact) mass is 273 g/mol. The van der Waals surface area contributed by atoms with Gasteiger partial charge in [0.15, 0.2) is 11.4 Å². The maximum absolute atomic E-state index is 12.4. The number of carboxylic acid groups (broad SMARTS) is 1. The molecule has 0 aliphatic carbocycles. The van der Waals surface area contributed by atoms with Crippen molar-refractivity contribution in [1.82, 2.24) is 14.5 Å². The molecule has 1 aromatic heterocycles. The maximum Gasteiger partial charge on any atom is 0.409 e. The van der Waals surface area contributed by atoms with Gasteiger partial charge >= 0.3 is 6.09 Å². The molecular formula is C14H15N3O3. The number of rotatable bonds is 1. The number of nitrogens with zero attached hydrogens (tertiary/aromatic N) is 3. The Morgan fingerprint density at radius 2 is 2.15 bits per heavy atom. The summed E-state index contributed by atoms with van der Waals surface area (Å²) in [5, 5.41) is 9.40. The second-order valence-electron chi connectivity index (χ2n) is 5.09. The Kier molecular flexibility index (Phi) is 2.74. The Bertz CT molecular complexity index is 694. The van der Waals surface area contributed by atoms with Gasteiger partial charge in [0.25, 0.3) is 0 Å². The molecule has 1 fully saturated rings. The van der Waals surface area contributed by atoms with E-state index in [2.05, 4.69) is 4.98 Å². The van der Waals surface area contributed by atoms with Gasteiger partial charge < -0.3 is 5.11 Å². The van der Waals surface area contributed by atoms with Gasteiger partial charge in [-0.1, -0.05) is 12.1 Å². The predicted molar refractivity (Wildman–Crippen MR) is 72.4 cm³/mol. The Morgan fingerprint density at radius 1 is 1.40 bits per heavy atom. The Hall–Kier alpha value is -2.37. The fraction of sp³-hybridized carbons (Fsp3) is 0.357. The first-order chi connectivity index (χ1) is 9.55. The van der Waals surface area contributed by atoms with Crippen LogP contribution in [0.5, 0.6) is 0 Å². The van der Waals surface area contributed by atoms with E-state index in [1.54, 1.807) is 17.8 Å². The van der Waals surface area contributed by atoms with Crippen LogP contribution in [0, 0.1) is 0 Å². The third-order valence-electron chi connectivity index (χ3n) is 3.99. The van der Waals surface area contributed by atoms with E-state index >= 15 is 0 Å². The smallest absolute Gasteiger partial charge is 0.409 e. The van der Waals surface area contributed by atoms with Crippen molar-refractivity contribution in [1.29, 1.82) is 0 Å². The molecule has 2 heterocycles. The molecule has 1 saturated heterocycles. The summed E-state index contributed by atoms with van der Waals surface area (Å²) in [6.45, 7) is 2.00. The van der Waals surface area contributed by atoms with Gasteiger partial charge in [0.05, 0.1) is 17.4 Å². The average Bonchev–Trinajstić information content (AvgIpc) is 2.86. The van der Waals surface area contributed by atoms with Crippen LogP contribution < -0.4 is 0 Å². The average molecular weight is 273 g/mol. The van der Waals surface area contributed by atoms with Crippen molar-refractivity contribution in [3.63, 3.8) is 0 Å². The summed E-state index contributed by atoms with van der Waals surface area (Å²) in [4.78, 5) is 29.4. The molecule has 6 heteroatoms. The van der Waals surface area contributed by atoms with Gasteiger partial charge in [0.2, 0.25) is 0 Å². The van der Waals surface area contributed by atoms with Crippen LogP contribution in [0.3, 0.4) is 0 Å². The number of piperidine rings is 1. The summed E-state index contributed by atoms with van der Waals surface area (Å²) in [5.41, 5.74) is 0.286. The number of likely N-dealkylation sites (tertiary alicyclic amines) is 1. The fourth-order valence-corrected chi connectivity index (χ4v) is 2.86. The van der Waals surface area contributed by atoms with Crippen molar-refractivity contribution in [2.75, 3.05) is 6.54 Å². The van der Waals surface area contributed by atoms with Gasteiger partial charge in [-0.25, -0.2) is 9.78 Å². The van der Waals surface area contributed by atoms with E-state index in [4.69, 9.17) is 0 Å². The summed E-state index contributed by atoms with van der Waals surface area (Å²) in [5.74, 6) is -0.102. The van der Waals surface area contributed by atoms with Crippen LogP contribution in [-0.4, -0.2) is 38.0 Å². The van der Waals surface area contributed by atoms with Gasteiger partial charge in [-0.05, 0) is 25.5 Å². The van der Waals surface area contributed by atoms with Crippen LogP contribution in [0.15, 0.2) is 30.6 Å². The van der Waals surface area contributed by atoms with Crippen molar-refractivity contribution in [3.8, 4) is 0 Å². The number of hydrogen-bond donors (Lipinski definition) is 1. The third kappa shape index (κ3) is 1.61. The van der Waals surface area contributed by atoms with Crippen molar-refractivity contribution in [2.45, 2.75) is 25.4 Å². The van der Waals surface area contributed by atoms with Crippen molar-refractivity contribution >= 4 is 22.9 Å². The summed E-state index contributed by atoms with van der Waals surface area (Å²) in [7, 11) is 0. The number of para-hydroxylation sites is 2. The van der Waals surface area contributed by atoms with Crippen LogP contribution in [0.4, 0.5) is 4.79 Å². The zero-order valence-electron chi connectivity index (χ0n) is 11.1. The Balaban J connectivity index is 2.22. The largest absolute Gasteiger partial charge is 0.465 e. The molecular weight excluding hydrogens is 258 g/mol. The topological polar surface area (TPSA) is 75.4 Å². The third-order valence-corrected chi connectivity index (χ3v) is 3.99. The molecule has 0 spiro atoms. The van der Waals surface area contributed by atoms with Crippen LogP contribution in [0.2, 0.25) is 0 Å². The predicted octanol–water partition coefficient (Wildman–Crippen LogP) is 2.05. The van der Waals surface area contributed by atoms with Crippen LogP contribution in [0.1, 0.15) is 19.8 Å². The number of fused-ring (bicyclic) bond motifs is 1. The van der Waals surface area contributed by atoms with Gasteiger partial charge in [0.1, 0.15) is 0 Å². The number of hydrogen-bond acceptors (Lipinski definition) is 3. The lowest BCUT2D eigenvalue weighted by molar-refractivity contribution is -0.138. The Morgan fingerprint density at radius 3 is 2.90 bits per heavy atom. The highest BCUT2D eigenvalue weighted by Gasteiger charge is 2.46. The zero-order chi connectivity index (χ0) is 14.3. The molecule has 104 valence electrons. The molecule has 0 saturated carbocycles. The van der Waals surface area contributed by atoms with E-state index in [-0.39, 0.29) is 5.78 Å². The number of aromatic nitrogens is 2. The van der Waals surface area contributed by atoms with Gasteiger partial charge in [0, 0.05) is 13.0 Å². The number of amides is 1. The molecule has 1 unspecified atom stereocenters. The molecule has 1 atom stereocenters. The standard InChI is InChI=1S/C14H15N3O3/c1-14(12(18)7-4-8-16(14)13(19)20)17-9-15-10-5-2-3-6-11(10)17/h2-3,5-6,9H,4,7-8H2,1H3,(H,19,20). The van der Waals surface area contributed by atoms with Crippen molar-refractivity contribution in [3.05, 3.63) is 30.6 Å². The number of ketones is 1. The fourth-order valence-electron chi connectivity index (χ4n) is 2.86. The van der Waals surface area contributed by atoms with Crippen molar-refractivity contribution < 1.29 is 14.7 Å². The van der Waals surface area contributed by atoms with Crippen LogP contribution >= 0.6 is 0 Å². The van der Waals surface area contributed by atoms with Gasteiger partial charge in [-0.3, -0.25) is 14.3 Å². The normalized spacial score (nSPS) is 23.2. The molecule has 1 aromatic carbocycles. The first kappa shape index (κ1) is 12.7. The van der Waals surface area contributed by atoms with E-state index in [9.17, 15) is 14.7 Å². The summed E-state index contributed by atoms with van der Waals surface area (Å²) in [6, 6.07) is 7.39. The molecule has 0 bridgehead atoms. The molecule has 3 rings (SSSR count). The minimum Gasteiger partial charge on any atom is -0.465 e. The lowest BCUT2D eigenvalue weighted by Gasteiger charge is -2.42. The molecule has 1 aliphatic rings. The molecule has 6 nitrogen and oxygen atoms in total. The maximum atomic E-state index is 12.4. The van der Waals surface area contributed by atoms with E-state index in [0.717, 1.165) is 11.0 Å². The van der Waals surface area contributed by atoms with Crippen molar-refractivity contribution in [2.24, 2.45) is 0 Å². The summed E-state index contributed by atoms with van der Waals surface area (Å²) < 4.78 is 1.66. The zero-order valence-corrected chi connectivity index (χ0v) is 11.1. The minimum absolute atomic E-state index is 0.102. The second-order valence-corrected chi connectivity index (χ2v) is 5.09. The van der Waals surface area contributed by atoms with Crippen LogP contribution in [-0.2, 0) is 10.5 Å². The number of benzene rings is 1. The minimum atomic E-state index is -1.22.